The summed E-state index contributed by atoms with van der Waals surface area (Å²) in [6, 6.07) is 3.52. The van der Waals surface area contributed by atoms with Crippen LogP contribution in [-0.2, 0) is 0 Å². The number of nitriles is 1. The Balaban J connectivity index is 2.11. The molecule has 3 aromatic rings. The summed E-state index contributed by atoms with van der Waals surface area (Å²) in [5, 5.41) is 13.6. The molecule has 1 saturated heterocycles. The lowest BCUT2D eigenvalue weighted by Crippen LogP contribution is -2.38. The second-order valence-corrected chi connectivity index (χ2v) is 6.50. The van der Waals surface area contributed by atoms with Crippen LogP contribution in [0.2, 0.25) is 0 Å². The number of anilines is 1. The normalized spacial score (nSPS) is 17.3. The number of nitrogens with zero attached hydrogens (tertiary/aromatic N) is 6. The van der Waals surface area contributed by atoms with E-state index in [2.05, 4.69) is 15.1 Å². The molecule has 9 heteroatoms. The van der Waals surface area contributed by atoms with Gasteiger partial charge in [0.15, 0.2) is 17.3 Å². The Kier molecular flexibility index (Phi) is 4.18. The number of rotatable bonds is 2. The Morgan fingerprint density at radius 3 is 2.67 bits per heavy atom. The molecule has 0 N–H and O–H groups in total. The van der Waals surface area contributed by atoms with Gasteiger partial charge < -0.3 is 4.90 Å². The summed E-state index contributed by atoms with van der Waals surface area (Å²) in [7, 11) is 0. The molecule has 1 atom stereocenters. The lowest BCUT2D eigenvalue weighted by Gasteiger charge is -2.35. The fourth-order valence-corrected chi connectivity index (χ4v) is 3.54. The zero-order chi connectivity index (χ0) is 19.1. The monoisotopic (exact) mass is 372 g/mol. The first kappa shape index (κ1) is 17.3. The van der Waals surface area contributed by atoms with Crippen LogP contribution >= 0.6 is 0 Å². The fraction of sp³-hybridized carbons (Fsp3) is 0.333. The van der Waals surface area contributed by atoms with Crippen molar-refractivity contribution in [1.29, 1.82) is 5.26 Å². The summed E-state index contributed by atoms with van der Waals surface area (Å²) in [6.45, 7) is 2.58. The van der Waals surface area contributed by atoms with Crippen LogP contribution in [-0.4, -0.2) is 32.2 Å². The van der Waals surface area contributed by atoms with Gasteiger partial charge >= 0.3 is 0 Å². The third kappa shape index (κ3) is 2.68. The minimum Gasteiger partial charge on any atom is -0.353 e. The zero-order valence-corrected chi connectivity index (χ0v) is 14.5. The van der Waals surface area contributed by atoms with Crippen LogP contribution < -0.4 is 4.90 Å². The lowest BCUT2D eigenvalue weighted by molar-refractivity contribution is 0.480. The number of hydrogen-bond acceptors (Lipinski definition) is 5. The maximum absolute atomic E-state index is 14.6. The van der Waals surface area contributed by atoms with Gasteiger partial charge in [0.25, 0.3) is 5.78 Å². The van der Waals surface area contributed by atoms with Gasteiger partial charge in [-0.25, -0.2) is 13.2 Å². The molecular weight excluding hydrogens is 357 g/mol. The van der Waals surface area contributed by atoms with Crippen molar-refractivity contribution in [3.05, 3.63) is 41.6 Å². The molecule has 138 valence electrons. The van der Waals surface area contributed by atoms with Crippen molar-refractivity contribution in [2.24, 2.45) is 0 Å². The van der Waals surface area contributed by atoms with Crippen molar-refractivity contribution in [2.45, 2.75) is 32.2 Å². The van der Waals surface area contributed by atoms with E-state index < -0.39 is 23.0 Å². The topological polar surface area (TPSA) is 70.1 Å². The maximum atomic E-state index is 14.6. The van der Waals surface area contributed by atoms with E-state index in [-0.39, 0.29) is 28.9 Å². The summed E-state index contributed by atoms with van der Waals surface area (Å²) in [5.74, 6) is -3.19. The Bertz CT molecular complexity index is 1070. The molecule has 0 spiro atoms. The molecule has 0 saturated carbocycles. The summed E-state index contributed by atoms with van der Waals surface area (Å²) in [4.78, 5) is 10.3. The number of halogens is 3. The Morgan fingerprint density at radius 1 is 1.15 bits per heavy atom. The van der Waals surface area contributed by atoms with Crippen molar-refractivity contribution in [3.63, 3.8) is 0 Å². The maximum Gasteiger partial charge on any atom is 0.255 e. The number of hydrogen-bond donors (Lipinski definition) is 0. The molecule has 1 aliphatic rings. The molecule has 1 aromatic carbocycles. The molecule has 2 aromatic heterocycles. The minimum absolute atomic E-state index is 0.0431. The quantitative estimate of drug-likeness (QED) is 0.645. The number of piperidine rings is 1. The Hall–Kier alpha value is -3.15. The van der Waals surface area contributed by atoms with Crippen molar-refractivity contribution >= 4 is 11.6 Å². The number of fused-ring (bicyclic) bond motifs is 1. The van der Waals surface area contributed by atoms with E-state index in [1.54, 1.807) is 0 Å². The van der Waals surface area contributed by atoms with Gasteiger partial charge in [0.05, 0.1) is 11.1 Å². The molecule has 0 aliphatic carbocycles. The van der Waals surface area contributed by atoms with Gasteiger partial charge in [0, 0.05) is 12.6 Å². The average molecular weight is 372 g/mol. The van der Waals surface area contributed by atoms with Gasteiger partial charge in [-0.2, -0.15) is 24.8 Å². The van der Waals surface area contributed by atoms with Gasteiger partial charge in [-0.15, -0.1) is 0 Å². The Labute approximate surface area is 152 Å². The smallest absolute Gasteiger partial charge is 0.255 e. The molecule has 1 fully saturated rings. The van der Waals surface area contributed by atoms with Gasteiger partial charge in [0.2, 0.25) is 0 Å². The van der Waals surface area contributed by atoms with E-state index >= 15 is 0 Å². The van der Waals surface area contributed by atoms with Crippen molar-refractivity contribution in [1.82, 2.24) is 19.6 Å². The van der Waals surface area contributed by atoms with Crippen LogP contribution in [0.5, 0.6) is 0 Å². The SMILES string of the molecule is CC1CCCCN1c1nc2ncnn2c(C#N)c1-c1c(F)ccc(F)c1F. The predicted octanol–water partition coefficient (Wildman–Crippen LogP) is 3.46. The molecule has 0 bridgehead atoms. The first-order valence-electron chi connectivity index (χ1n) is 8.57. The second-order valence-electron chi connectivity index (χ2n) is 6.50. The van der Waals surface area contributed by atoms with Crippen LogP contribution in [0.25, 0.3) is 16.9 Å². The third-order valence-corrected chi connectivity index (χ3v) is 4.88. The van der Waals surface area contributed by atoms with E-state index in [9.17, 15) is 18.4 Å². The highest BCUT2D eigenvalue weighted by Gasteiger charge is 2.30. The van der Waals surface area contributed by atoms with E-state index in [0.717, 1.165) is 29.8 Å². The highest BCUT2D eigenvalue weighted by molar-refractivity contribution is 5.82. The average Bonchev–Trinajstić information content (AvgIpc) is 3.13. The van der Waals surface area contributed by atoms with Crippen LogP contribution in [0.4, 0.5) is 19.0 Å². The van der Waals surface area contributed by atoms with Crippen molar-refractivity contribution < 1.29 is 13.2 Å². The molecular formula is C18H15F3N6. The summed E-state index contributed by atoms with van der Waals surface area (Å²) in [5.41, 5.74) is -0.878. The van der Waals surface area contributed by atoms with Gasteiger partial charge in [0.1, 0.15) is 24.0 Å². The summed E-state index contributed by atoms with van der Waals surface area (Å²) >= 11 is 0. The summed E-state index contributed by atoms with van der Waals surface area (Å²) < 4.78 is 44.2. The highest BCUT2D eigenvalue weighted by Crippen LogP contribution is 2.38. The van der Waals surface area contributed by atoms with E-state index in [0.29, 0.717) is 12.6 Å². The van der Waals surface area contributed by atoms with Crippen molar-refractivity contribution in [2.75, 3.05) is 11.4 Å². The highest BCUT2D eigenvalue weighted by atomic mass is 19.2. The molecule has 6 nitrogen and oxygen atoms in total. The predicted molar refractivity (Wildman–Crippen MR) is 91.5 cm³/mol. The number of aromatic nitrogens is 4. The first-order valence-corrected chi connectivity index (χ1v) is 8.57. The third-order valence-electron chi connectivity index (χ3n) is 4.88. The van der Waals surface area contributed by atoms with E-state index in [4.69, 9.17) is 0 Å². The largest absolute Gasteiger partial charge is 0.353 e. The lowest BCUT2D eigenvalue weighted by atomic mass is 9.98. The standard InChI is InChI=1S/C18H15F3N6/c1-10-4-2-3-7-26(10)17-15(14-11(19)5-6-12(20)16(14)21)13(8-22)27-18(25-17)23-9-24-27/h5-6,9-10H,2-4,7H2,1H3. The van der Waals surface area contributed by atoms with Gasteiger partial charge in [-0.1, -0.05) is 0 Å². The molecule has 27 heavy (non-hydrogen) atoms. The van der Waals surface area contributed by atoms with Gasteiger partial charge in [-0.05, 0) is 38.3 Å². The van der Waals surface area contributed by atoms with Crippen LogP contribution in [0.1, 0.15) is 31.9 Å². The summed E-state index contributed by atoms with van der Waals surface area (Å²) in [6.07, 6.45) is 3.97. The van der Waals surface area contributed by atoms with Crippen LogP contribution in [0.15, 0.2) is 18.5 Å². The van der Waals surface area contributed by atoms with E-state index in [1.807, 2.05) is 17.9 Å². The molecule has 1 unspecified atom stereocenters. The molecule has 4 rings (SSSR count). The molecule has 0 radical (unpaired) electrons. The van der Waals surface area contributed by atoms with Crippen LogP contribution in [0.3, 0.4) is 0 Å². The zero-order valence-electron chi connectivity index (χ0n) is 14.5. The van der Waals surface area contributed by atoms with E-state index in [1.165, 1.54) is 6.33 Å². The Morgan fingerprint density at radius 2 is 1.93 bits per heavy atom. The molecule has 3 heterocycles. The molecule has 1 aliphatic heterocycles. The van der Waals surface area contributed by atoms with Gasteiger partial charge in [-0.3, -0.25) is 0 Å². The molecule has 0 amide bonds. The fourth-order valence-electron chi connectivity index (χ4n) is 3.54. The second kappa shape index (κ2) is 6.54. The minimum atomic E-state index is -1.36. The number of benzene rings is 1. The van der Waals surface area contributed by atoms with Crippen molar-refractivity contribution in [3.8, 4) is 17.2 Å². The first-order chi connectivity index (χ1) is 13.0. The van der Waals surface area contributed by atoms with Crippen LogP contribution in [0, 0.1) is 28.8 Å².